The molecule has 0 fully saturated rings. The highest BCUT2D eigenvalue weighted by atomic mass is 32.2. The average molecular weight is 531 g/mol. The molecule has 0 aliphatic carbocycles. The Morgan fingerprint density at radius 1 is 0.946 bits per heavy atom. The Kier molecular flexibility index (Phi) is 8.14. The zero-order chi connectivity index (χ0) is 26.5. The fourth-order valence-electron chi connectivity index (χ4n) is 4.30. The summed E-state index contributed by atoms with van der Waals surface area (Å²) >= 11 is 0.789. The van der Waals surface area contributed by atoms with Crippen LogP contribution in [-0.2, 0) is 27.3 Å². The number of halogens is 3. The van der Waals surface area contributed by atoms with E-state index in [9.17, 15) is 23.1 Å². The Labute approximate surface area is 216 Å². The number of fused-ring (bicyclic) bond motifs is 1. The summed E-state index contributed by atoms with van der Waals surface area (Å²) in [7, 11) is 1.24. The Morgan fingerprint density at radius 3 is 2.11 bits per heavy atom. The number of aliphatic hydroxyl groups excluding tert-OH is 1. The maximum atomic E-state index is 14.9. The number of aliphatic hydroxyl groups is 1. The summed E-state index contributed by atoms with van der Waals surface area (Å²) in [5.74, 6) is 0.0161. The summed E-state index contributed by atoms with van der Waals surface area (Å²) in [5, 5.41) is 10.5. The highest BCUT2D eigenvalue weighted by Crippen LogP contribution is 2.54. The molecule has 0 aliphatic heterocycles. The van der Waals surface area contributed by atoms with Crippen LogP contribution in [0.5, 0.6) is 5.75 Å². The van der Waals surface area contributed by atoms with Crippen LogP contribution in [0.25, 0.3) is 11.0 Å². The molecule has 5 nitrogen and oxygen atoms in total. The molecule has 4 rings (SSSR count). The molecule has 3 aromatic carbocycles. The van der Waals surface area contributed by atoms with Crippen LogP contribution in [0.3, 0.4) is 0 Å². The van der Waals surface area contributed by atoms with E-state index in [4.69, 9.17) is 9.15 Å². The quantitative estimate of drug-likeness (QED) is 0.244. The van der Waals surface area contributed by atoms with Gasteiger partial charge < -0.3 is 19.0 Å². The van der Waals surface area contributed by atoms with Crippen LogP contribution in [0.2, 0.25) is 0 Å². The number of hydrogen-bond donors (Lipinski definition) is 1. The van der Waals surface area contributed by atoms with Crippen molar-refractivity contribution in [1.29, 1.82) is 0 Å². The van der Waals surface area contributed by atoms with Crippen molar-refractivity contribution in [2.75, 3.05) is 19.5 Å². The SMILES string of the molecule is COC(=O)COc1cccc2c(CCSC(c3ccccc3)(c3ccccc3)C(F)(F)F)c(CO)oc12. The molecule has 194 valence electrons. The van der Waals surface area contributed by atoms with Gasteiger partial charge in [-0.15, -0.1) is 11.8 Å². The molecule has 4 aromatic rings. The minimum atomic E-state index is -4.59. The molecule has 0 spiro atoms. The molecule has 9 heteroatoms. The third kappa shape index (κ3) is 5.33. The van der Waals surface area contributed by atoms with E-state index in [1.165, 1.54) is 31.4 Å². The van der Waals surface area contributed by atoms with E-state index in [1.807, 2.05) is 0 Å². The summed E-state index contributed by atoms with van der Waals surface area (Å²) in [6, 6.07) is 20.8. The van der Waals surface area contributed by atoms with E-state index in [1.54, 1.807) is 54.6 Å². The summed E-state index contributed by atoms with van der Waals surface area (Å²) in [5.41, 5.74) is 1.17. The lowest BCUT2D eigenvalue weighted by Gasteiger charge is -2.36. The summed E-state index contributed by atoms with van der Waals surface area (Å²) in [4.78, 5) is 11.5. The van der Waals surface area contributed by atoms with Gasteiger partial charge in [0, 0.05) is 10.9 Å². The van der Waals surface area contributed by atoms with Crippen molar-refractivity contribution >= 4 is 28.7 Å². The van der Waals surface area contributed by atoms with Gasteiger partial charge in [-0.3, -0.25) is 0 Å². The first-order chi connectivity index (χ1) is 17.8. The summed E-state index contributed by atoms with van der Waals surface area (Å²) < 4.78 is 58.3. The van der Waals surface area contributed by atoms with E-state index in [2.05, 4.69) is 4.74 Å². The van der Waals surface area contributed by atoms with Crippen LogP contribution in [0.4, 0.5) is 13.2 Å². The van der Waals surface area contributed by atoms with Crippen LogP contribution in [-0.4, -0.2) is 36.7 Å². The second kappa shape index (κ2) is 11.3. The predicted octanol–water partition coefficient (Wildman–Crippen LogP) is 6.26. The molecule has 1 N–H and O–H groups in total. The predicted molar refractivity (Wildman–Crippen MR) is 136 cm³/mol. The minimum absolute atomic E-state index is 0.0815. The van der Waals surface area contributed by atoms with E-state index >= 15 is 0 Å². The number of methoxy groups -OCH3 is 1. The Morgan fingerprint density at radius 2 is 1.57 bits per heavy atom. The van der Waals surface area contributed by atoms with Crippen molar-refractivity contribution in [3.05, 3.63) is 101 Å². The van der Waals surface area contributed by atoms with Crippen LogP contribution in [0.1, 0.15) is 22.5 Å². The molecule has 1 aromatic heterocycles. The number of esters is 1. The zero-order valence-corrected chi connectivity index (χ0v) is 20.8. The van der Waals surface area contributed by atoms with Crippen molar-refractivity contribution in [2.45, 2.75) is 24.0 Å². The van der Waals surface area contributed by atoms with Gasteiger partial charge in [0.1, 0.15) is 12.4 Å². The Hall–Kier alpha value is -3.43. The minimum Gasteiger partial charge on any atom is -0.478 e. The third-order valence-electron chi connectivity index (χ3n) is 6.01. The first kappa shape index (κ1) is 26.6. The van der Waals surface area contributed by atoms with E-state index in [0.717, 1.165) is 11.8 Å². The lowest BCUT2D eigenvalue weighted by Crippen LogP contribution is -2.41. The normalized spacial score (nSPS) is 12.0. The highest BCUT2D eigenvalue weighted by molar-refractivity contribution is 8.00. The fraction of sp³-hybridized carbons (Fsp3) is 0.250. The molecule has 0 atom stereocenters. The zero-order valence-electron chi connectivity index (χ0n) is 20.0. The van der Waals surface area contributed by atoms with Gasteiger partial charge >= 0.3 is 12.1 Å². The summed E-state index contributed by atoms with van der Waals surface area (Å²) in [6.07, 6.45) is -4.39. The molecule has 0 bridgehead atoms. The fourth-order valence-corrected chi connectivity index (χ4v) is 5.68. The highest BCUT2D eigenvalue weighted by Gasteiger charge is 2.57. The maximum Gasteiger partial charge on any atom is 0.411 e. The Balaban J connectivity index is 1.68. The molecule has 0 radical (unpaired) electrons. The van der Waals surface area contributed by atoms with E-state index in [0.29, 0.717) is 16.5 Å². The van der Waals surface area contributed by atoms with Gasteiger partial charge in [0.2, 0.25) is 0 Å². The summed E-state index contributed by atoms with van der Waals surface area (Å²) in [6.45, 7) is -0.773. The van der Waals surface area contributed by atoms with E-state index < -0.39 is 23.5 Å². The van der Waals surface area contributed by atoms with Crippen molar-refractivity contribution in [2.24, 2.45) is 0 Å². The number of thioether (sulfide) groups is 1. The van der Waals surface area contributed by atoms with E-state index in [-0.39, 0.29) is 41.4 Å². The first-order valence-corrected chi connectivity index (χ1v) is 12.5. The van der Waals surface area contributed by atoms with Gasteiger partial charge in [0.25, 0.3) is 0 Å². The number of benzene rings is 3. The number of ether oxygens (including phenoxy) is 2. The van der Waals surface area contributed by atoms with Crippen molar-refractivity contribution in [3.8, 4) is 5.75 Å². The first-order valence-electron chi connectivity index (χ1n) is 11.5. The molecule has 0 unspecified atom stereocenters. The van der Waals surface area contributed by atoms with Gasteiger partial charge in [0.05, 0.1) is 7.11 Å². The molecule has 0 saturated carbocycles. The lowest BCUT2D eigenvalue weighted by molar-refractivity contribution is -0.151. The molecule has 0 amide bonds. The van der Waals surface area contributed by atoms with Gasteiger partial charge in [-0.05, 0) is 29.4 Å². The van der Waals surface area contributed by atoms with Crippen LogP contribution < -0.4 is 4.74 Å². The molecular formula is C28H25F3O5S. The van der Waals surface area contributed by atoms with Gasteiger partial charge in [-0.25, -0.2) is 4.79 Å². The van der Waals surface area contributed by atoms with Gasteiger partial charge in [-0.1, -0.05) is 72.8 Å². The number of para-hydroxylation sites is 1. The topological polar surface area (TPSA) is 68.9 Å². The maximum absolute atomic E-state index is 14.9. The molecule has 0 saturated heterocycles. The molecule has 37 heavy (non-hydrogen) atoms. The van der Waals surface area contributed by atoms with Crippen LogP contribution in [0.15, 0.2) is 83.3 Å². The number of aryl methyl sites for hydroxylation is 1. The number of carbonyl (C=O) groups is 1. The van der Waals surface area contributed by atoms with Crippen molar-refractivity contribution in [1.82, 2.24) is 0 Å². The van der Waals surface area contributed by atoms with Crippen molar-refractivity contribution in [3.63, 3.8) is 0 Å². The van der Waals surface area contributed by atoms with Crippen LogP contribution >= 0.6 is 11.8 Å². The van der Waals surface area contributed by atoms with Crippen molar-refractivity contribution < 1.29 is 37.0 Å². The second-order valence-corrected chi connectivity index (χ2v) is 9.48. The van der Waals surface area contributed by atoms with Crippen LogP contribution in [0, 0.1) is 0 Å². The number of carbonyl (C=O) groups excluding carboxylic acids is 1. The number of hydrogen-bond acceptors (Lipinski definition) is 6. The molecular weight excluding hydrogens is 505 g/mol. The second-order valence-electron chi connectivity index (χ2n) is 8.17. The number of furan rings is 1. The third-order valence-corrected chi connectivity index (χ3v) is 7.56. The lowest BCUT2D eigenvalue weighted by atomic mass is 9.89. The molecule has 0 aliphatic rings. The van der Waals surface area contributed by atoms with Gasteiger partial charge in [-0.2, -0.15) is 13.2 Å². The number of alkyl halides is 3. The van der Waals surface area contributed by atoms with Gasteiger partial charge in [0.15, 0.2) is 22.7 Å². The monoisotopic (exact) mass is 530 g/mol. The molecule has 1 heterocycles. The Bertz CT molecular complexity index is 1300. The number of rotatable bonds is 10. The standard InChI is InChI=1S/C28H25F3O5S/c1-34-25(33)18-35-23-14-8-13-22-21(24(17-32)36-26(22)23)15-16-37-27(28(29,30)31,19-9-4-2-5-10-19)20-11-6-3-7-12-20/h2-14,32H,15-18H2,1H3. The smallest absolute Gasteiger partial charge is 0.411 e. The largest absolute Gasteiger partial charge is 0.478 e. The average Bonchev–Trinajstić information content (AvgIpc) is 3.28.